The number of nitriles is 1. The number of rotatable bonds is 3. The van der Waals surface area contributed by atoms with Gasteiger partial charge in [0.15, 0.2) is 5.78 Å². The van der Waals surface area contributed by atoms with Crippen LogP contribution in [0.2, 0.25) is 0 Å². The summed E-state index contributed by atoms with van der Waals surface area (Å²) in [6.07, 6.45) is -0.349. The van der Waals surface area contributed by atoms with E-state index >= 15 is 0 Å². The Hall–Kier alpha value is -1.77. The van der Waals surface area contributed by atoms with E-state index < -0.39 is 5.92 Å². The third-order valence-corrected chi connectivity index (χ3v) is 3.23. The van der Waals surface area contributed by atoms with Gasteiger partial charge in [-0.15, -0.1) is 0 Å². The number of hydrogen-bond acceptors (Lipinski definition) is 3. The van der Waals surface area contributed by atoms with Crippen molar-refractivity contribution in [1.29, 1.82) is 5.26 Å². The summed E-state index contributed by atoms with van der Waals surface area (Å²) >= 11 is 0. The molecule has 2 rings (SSSR count). The quantitative estimate of drug-likeness (QED) is 0.777. The number of hydrogen-bond donors (Lipinski definition) is 0. The van der Waals surface area contributed by atoms with Crippen molar-refractivity contribution in [3.05, 3.63) is 17.0 Å². The molecule has 0 spiro atoms. The molecule has 4 nitrogen and oxygen atoms in total. The number of carbonyl (C=O) groups excluding carboxylic acids is 1. The van der Waals surface area contributed by atoms with Gasteiger partial charge < -0.3 is 0 Å². The molecule has 0 N–H and O–H groups in total. The van der Waals surface area contributed by atoms with E-state index in [4.69, 9.17) is 5.26 Å². The summed E-state index contributed by atoms with van der Waals surface area (Å²) in [4.78, 5) is 11.3. The Bertz CT molecular complexity index is 534. The summed E-state index contributed by atoms with van der Waals surface area (Å²) in [6.45, 7) is 3.29. The summed E-state index contributed by atoms with van der Waals surface area (Å²) in [5.74, 6) is -2.98. The molecule has 0 aliphatic heterocycles. The van der Waals surface area contributed by atoms with Gasteiger partial charge in [-0.1, -0.05) is 0 Å². The summed E-state index contributed by atoms with van der Waals surface area (Å²) in [7, 11) is 0. The standard InChI is InChI=1S/C12H13F2N3O/c1-7-10(5-15)17(16-11(7)8(2)18)6-9-3-12(13,14)4-9/h9H,3-4,6H2,1-2H3. The maximum absolute atomic E-state index is 12.7. The second-order valence-corrected chi connectivity index (χ2v) is 4.80. The molecule has 1 aromatic rings. The van der Waals surface area contributed by atoms with Crippen LogP contribution in [0.1, 0.15) is 41.5 Å². The number of alkyl halides is 2. The lowest BCUT2D eigenvalue weighted by atomic mass is 9.81. The highest BCUT2D eigenvalue weighted by Crippen LogP contribution is 2.43. The smallest absolute Gasteiger partial charge is 0.248 e. The third-order valence-electron chi connectivity index (χ3n) is 3.23. The molecular formula is C12H13F2N3O. The molecule has 0 radical (unpaired) electrons. The lowest BCUT2D eigenvalue weighted by Crippen LogP contribution is -2.38. The zero-order valence-electron chi connectivity index (χ0n) is 10.2. The first kappa shape index (κ1) is 12.7. The summed E-state index contributed by atoms with van der Waals surface area (Å²) in [5, 5.41) is 13.1. The van der Waals surface area contributed by atoms with Gasteiger partial charge in [-0.05, 0) is 12.8 Å². The lowest BCUT2D eigenvalue weighted by molar-refractivity contribution is -0.114. The van der Waals surface area contributed by atoms with Crippen molar-refractivity contribution in [3.8, 4) is 6.07 Å². The Morgan fingerprint density at radius 1 is 1.61 bits per heavy atom. The van der Waals surface area contributed by atoms with Crippen molar-refractivity contribution in [2.24, 2.45) is 5.92 Å². The molecule has 0 aromatic carbocycles. The van der Waals surface area contributed by atoms with Crippen LogP contribution in [0, 0.1) is 24.2 Å². The topological polar surface area (TPSA) is 58.7 Å². The van der Waals surface area contributed by atoms with E-state index in [0.29, 0.717) is 5.56 Å². The van der Waals surface area contributed by atoms with Crippen LogP contribution in [0.3, 0.4) is 0 Å². The van der Waals surface area contributed by atoms with Gasteiger partial charge in [0.1, 0.15) is 17.5 Å². The van der Waals surface area contributed by atoms with Crippen LogP contribution in [0.15, 0.2) is 0 Å². The van der Waals surface area contributed by atoms with E-state index in [9.17, 15) is 13.6 Å². The summed E-state index contributed by atoms with van der Waals surface area (Å²) in [5.41, 5.74) is 1.06. The van der Waals surface area contributed by atoms with E-state index in [1.807, 2.05) is 6.07 Å². The number of nitrogens with zero attached hydrogens (tertiary/aromatic N) is 3. The number of ketones is 1. The van der Waals surface area contributed by atoms with Crippen LogP contribution in [0.25, 0.3) is 0 Å². The fourth-order valence-electron chi connectivity index (χ4n) is 2.32. The summed E-state index contributed by atoms with van der Waals surface area (Å²) < 4.78 is 26.9. The minimum Gasteiger partial charge on any atom is -0.293 e. The molecule has 1 aliphatic rings. The average molecular weight is 253 g/mol. The van der Waals surface area contributed by atoms with Crippen molar-refractivity contribution in [2.75, 3.05) is 0 Å². The molecule has 6 heteroatoms. The van der Waals surface area contributed by atoms with Gasteiger partial charge in [0.05, 0.1) is 0 Å². The largest absolute Gasteiger partial charge is 0.293 e. The number of carbonyl (C=O) groups is 1. The summed E-state index contributed by atoms with van der Waals surface area (Å²) in [6, 6.07) is 1.97. The molecule has 0 unspecified atom stereocenters. The van der Waals surface area contributed by atoms with Crippen LogP contribution in [-0.4, -0.2) is 21.5 Å². The normalized spacial score (nSPS) is 18.2. The molecular weight excluding hydrogens is 240 g/mol. The predicted octanol–water partition coefficient (Wildman–Crippen LogP) is 2.31. The van der Waals surface area contributed by atoms with Crippen LogP contribution < -0.4 is 0 Å². The molecule has 1 fully saturated rings. The molecule has 1 aromatic heterocycles. The number of aromatic nitrogens is 2. The molecule has 1 saturated carbocycles. The molecule has 0 saturated heterocycles. The Labute approximate surface area is 103 Å². The molecule has 18 heavy (non-hydrogen) atoms. The second-order valence-electron chi connectivity index (χ2n) is 4.80. The fourth-order valence-corrected chi connectivity index (χ4v) is 2.32. The predicted molar refractivity (Wildman–Crippen MR) is 59.4 cm³/mol. The van der Waals surface area contributed by atoms with Gasteiger partial charge in [-0.25, -0.2) is 8.78 Å². The van der Waals surface area contributed by atoms with Crippen LogP contribution >= 0.6 is 0 Å². The van der Waals surface area contributed by atoms with Crippen molar-refractivity contribution >= 4 is 5.78 Å². The van der Waals surface area contributed by atoms with E-state index in [0.717, 1.165) is 0 Å². The minimum absolute atomic E-state index is 0.174. The molecule has 0 amide bonds. The van der Waals surface area contributed by atoms with Gasteiger partial charge in [0.25, 0.3) is 0 Å². The third kappa shape index (κ3) is 2.13. The fraction of sp³-hybridized carbons (Fsp3) is 0.583. The van der Waals surface area contributed by atoms with Gasteiger partial charge in [0, 0.05) is 31.9 Å². The van der Waals surface area contributed by atoms with E-state index in [1.165, 1.54) is 11.6 Å². The van der Waals surface area contributed by atoms with Crippen LogP contribution in [0.4, 0.5) is 8.78 Å². The SMILES string of the molecule is CC(=O)c1nn(CC2CC(F)(F)C2)c(C#N)c1C. The van der Waals surface area contributed by atoms with Gasteiger partial charge in [-0.3, -0.25) is 9.48 Å². The molecule has 0 atom stereocenters. The van der Waals surface area contributed by atoms with Crippen LogP contribution in [-0.2, 0) is 6.54 Å². The maximum Gasteiger partial charge on any atom is 0.248 e. The Kier molecular flexibility index (Phi) is 2.93. The second kappa shape index (κ2) is 4.16. The first-order valence-electron chi connectivity index (χ1n) is 5.70. The molecule has 0 bridgehead atoms. The van der Waals surface area contributed by atoms with Crippen LogP contribution in [0.5, 0.6) is 0 Å². The lowest BCUT2D eigenvalue weighted by Gasteiger charge is -2.34. The monoisotopic (exact) mass is 253 g/mol. The van der Waals surface area contributed by atoms with Crippen molar-refractivity contribution in [2.45, 2.75) is 39.2 Å². The first-order valence-corrected chi connectivity index (χ1v) is 5.70. The first-order chi connectivity index (χ1) is 8.34. The van der Waals surface area contributed by atoms with Gasteiger partial charge in [-0.2, -0.15) is 10.4 Å². The Balaban J connectivity index is 2.21. The number of Topliss-reactive ketones (excluding diaryl/α,β-unsaturated/α-hetero) is 1. The van der Waals surface area contributed by atoms with Gasteiger partial charge >= 0.3 is 0 Å². The van der Waals surface area contributed by atoms with E-state index in [2.05, 4.69) is 5.10 Å². The van der Waals surface area contributed by atoms with E-state index in [-0.39, 0.29) is 42.5 Å². The molecule has 96 valence electrons. The minimum atomic E-state index is -2.58. The van der Waals surface area contributed by atoms with Crippen molar-refractivity contribution in [3.63, 3.8) is 0 Å². The van der Waals surface area contributed by atoms with Crippen molar-refractivity contribution in [1.82, 2.24) is 9.78 Å². The highest BCUT2D eigenvalue weighted by Gasteiger charge is 2.45. The maximum atomic E-state index is 12.7. The number of halogens is 2. The zero-order chi connectivity index (χ0) is 13.5. The zero-order valence-corrected chi connectivity index (χ0v) is 10.2. The molecule has 1 heterocycles. The average Bonchev–Trinajstić information content (AvgIpc) is 2.52. The van der Waals surface area contributed by atoms with Gasteiger partial charge in [0.2, 0.25) is 5.92 Å². The Morgan fingerprint density at radius 3 is 2.67 bits per heavy atom. The van der Waals surface area contributed by atoms with Crippen molar-refractivity contribution < 1.29 is 13.6 Å². The highest BCUT2D eigenvalue weighted by atomic mass is 19.3. The Morgan fingerprint density at radius 2 is 2.22 bits per heavy atom. The highest BCUT2D eigenvalue weighted by molar-refractivity contribution is 5.93. The van der Waals surface area contributed by atoms with E-state index in [1.54, 1.807) is 6.92 Å². The molecule has 1 aliphatic carbocycles.